The number of carboxylic acids is 1. The molecule has 0 spiro atoms. The zero-order valence-corrected chi connectivity index (χ0v) is 15.2. The molecule has 0 bridgehead atoms. The molecule has 0 saturated carbocycles. The highest BCUT2D eigenvalue weighted by Gasteiger charge is 2.26. The molecule has 0 radical (unpaired) electrons. The van der Waals surface area contributed by atoms with Gasteiger partial charge in [0.25, 0.3) is 0 Å². The number of nitrogens with zero attached hydrogens (tertiary/aromatic N) is 2. The Morgan fingerprint density at radius 3 is 3.00 bits per heavy atom. The summed E-state index contributed by atoms with van der Waals surface area (Å²) < 4.78 is 1.97. The van der Waals surface area contributed by atoms with Gasteiger partial charge in [-0.2, -0.15) is 0 Å². The maximum Gasteiger partial charge on any atom is 0.303 e. The minimum atomic E-state index is -0.697. The van der Waals surface area contributed by atoms with E-state index in [1.807, 2.05) is 12.3 Å². The van der Waals surface area contributed by atoms with Gasteiger partial charge in [-0.1, -0.05) is 6.92 Å². The molecule has 1 aliphatic rings. The Hall–Kier alpha value is -0.460. The van der Waals surface area contributed by atoms with Crippen LogP contribution in [0.4, 0.5) is 0 Å². The normalized spacial score (nSPS) is 21.2. The smallest absolute Gasteiger partial charge is 0.303 e. The molecule has 0 amide bonds. The molecule has 0 aliphatic carbocycles. The summed E-state index contributed by atoms with van der Waals surface area (Å²) in [6.45, 7) is 4.87. The van der Waals surface area contributed by atoms with Gasteiger partial charge >= 0.3 is 5.97 Å². The van der Waals surface area contributed by atoms with Crippen LogP contribution in [-0.4, -0.2) is 34.0 Å². The summed E-state index contributed by atoms with van der Waals surface area (Å²) >= 11 is 6.97. The van der Waals surface area contributed by atoms with E-state index in [0.29, 0.717) is 5.92 Å². The number of pyridine rings is 1. The first-order valence-electron chi connectivity index (χ1n) is 7.19. The van der Waals surface area contributed by atoms with E-state index in [9.17, 15) is 4.79 Å². The van der Waals surface area contributed by atoms with E-state index in [1.54, 1.807) is 0 Å². The lowest BCUT2D eigenvalue weighted by Gasteiger charge is -2.35. The summed E-state index contributed by atoms with van der Waals surface area (Å²) in [4.78, 5) is 17.7. The zero-order valence-electron chi connectivity index (χ0n) is 12.1. The predicted octanol–water partition coefficient (Wildman–Crippen LogP) is 3.93. The van der Waals surface area contributed by atoms with Crippen molar-refractivity contribution in [3.63, 3.8) is 0 Å². The highest BCUT2D eigenvalue weighted by Crippen LogP contribution is 2.28. The van der Waals surface area contributed by atoms with Crippen molar-refractivity contribution in [3.05, 3.63) is 26.9 Å². The maximum atomic E-state index is 10.9. The summed E-state index contributed by atoms with van der Waals surface area (Å²) in [5.74, 6) is -0.00682. The second kappa shape index (κ2) is 7.70. The lowest BCUT2D eigenvalue weighted by Crippen LogP contribution is -2.38. The van der Waals surface area contributed by atoms with Gasteiger partial charge in [-0.3, -0.25) is 14.7 Å². The third-order valence-electron chi connectivity index (χ3n) is 4.10. The van der Waals surface area contributed by atoms with Crippen LogP contribution in [0.2, 0.25) is 0 Å². The molecule has 1 N–H and O–H groups in total. The lowest BCUT2D eigenvalue weighted by atomic mass is 9.84. The molecule has 2 heterocycles. The van der Waals surface area contributed by atoms with E-state index in [4.69, 9.17) is 5.11 Å². The number of aromatic nitrogens is 1. The average molecular weight is 420 g/mol. The third kappa shape index (κ3) is 5.04. The van der Waals surface area contributed by atoms with Crippen LogP contribution in [0.5, 0.6) is 0 Å². The number of piperidine rings is 1. The molecule has 1 fully saturated rings. The van der Waals surface area contributed by atoms with E-state index in [1.165, 1.54) is 0 Å². The minimum Gasteiger partial charge on any atom is -0.481 e. The molecule has 1 aliphatic heterocycles. The molecule has 21 heavy (non-hydrogen) atoms. The van der Waals surface area contributed by atoms with Crippen LogP contribution in [0, 0.1) is 11.8 Å². The summed E-state index contributed by atoms with van der Waals surface area (Å²) in [5, 5.41) is 8.94. The summed E-state index contributed by atoms with van der Waals surface area (Å²) in [6.07, 6.45) is 4.33. The molecule has 2 atom stereocenters. The fourth-order valence-corrected chi connectivity index (χ4v) is 4.03. The summed E-state index contributed by atoms with van der Waals surface area (Å²) in [7, 11) is 0. The van der Waals surface area contributed by atoms with Crippen LogP contribution in [0.15, 0.2) is 21.2 Å². The van der Waals surface area contributed by atoms with Crippen molar-refractivity contribution in [2.75, 3.05) is 13.1 Å². The number of carbonyl (C=O) groups is 1. The Balaban J connectivity index is 1.96. The van der Waals surface area contributed by atoms with Gasteiger partial charge in [0.15, 0.2) is 0 Å². The molecular weight excluding hydrogens is 400 g/mol. The molecule has 1 saturated heterocycles. The van der Waals surface area contributed by atoms with Crippen LogP contribution in [0.3, 0.4) is 0 Å². The first-order valence-corrected chi connectivity index (χ1v) is 8.78. The lowest BCUT2D eigenvalue weighted by molar-refractivity contribution is -0.138. The highest BCUT2D eigenvalue weighted by molar-refractivity contribution is 9.11. The number of carboxylic acid groups (broad SMARTS) is 1. The number of halogens is 2. The fourth-order valence-electron chi connectivity index (χ4n) is 2.91. The Labute approximate surface area is 142 Å². The molecule has 116 valence electrons. The van der Waals surface area contributed by atoms with Gasteiger partial charge in [-0.25, -0.2) is 0 Å². The van der Waals surface area contributed by atoms with Gasteiger partial charge in [0.1, 0.15) is 0 Å². The van der Waals surface area contributed by atoms with Crippen molar-refractivity contribution >= 4 is 37.8 Å². The predicted molar refractivity (Wildman–Crippen MR) is 89.1 cm³/mol. The Morgan fingerprint density at radius 1 is 1.57 bits per heavy atom. The third-order valence-corrected chi connectivity index (χ3v) is 5.22. The summed E-state index contributed by atoms with van der Waals surface area (Å²) in [6, 6.07) is 2.01. The highest BCUT2D eigenvalue weighted by atomic mass is 79.9. The van der Waals surface area contributed by atoms with Crippen molar-refractivity contribution in [1.82, 2.24) is 9.88 Å². The van der Waals surface area contributed by atoms with Gasteiger partial charge in [-0.15, -0.1) is 0 Å². The topological polar surface area (TPSA) is 53.4 Å². The van der Waals surface area contributed by atoms with E-state index in [-0.39, 0.29) is 12.3 Å². The van der Waals surface area contributed by atoms with Crippen LogP contribution in [0.1, 0.15) is 31.9 Å². The Morgan fingerprint density at radius 2 is 2.33 bits per heavy atom. The van der Waals surface area contributed by atoms with Gasteiger partial charge in [-0.05, 0) is 69.1 Å². The van der Waals surface area contributed by atoms with E-state index < -0.39 is 5.97 Å². The Kier molecular flexibility index (Phi) is 6.20. The molecule has 0 aromatic carbocycles. The van der Waals surface area contributed by atoms with Crippen LogP contribution in [-0.2, 0) is 11.3 Å². The fraction of sp³-hybridized carbons (Fsp3) is 0.600. The molecule has 6 heteroatoms. The standard InChI is InChI=1S/C15H20Br2N2O2/c1-10(5-15(20)21)11-3-2-4-19(8-11)9-14-13(17)6-12(16)7-18-14/h6-7,10-11H,2-5,8-9H2,1H3,(H,20,21). The monoisotopic (exact) mass is 418 g/mol. The van der Waals surface area contributed by atoms with Gasteiger partial charge in [0.2, 0.25) is 0 Å². The second-order valence-corrected chi connectivity index (χ2v) is 7.56. The number of hydrogen-bond donors (Lipinski definition) is 1. The number of aliphatic carboxylic acids is 1. The van der Waals surface area contributed by atoms with E-state index >= 15 is 0 Å². The molecular formula is C15H20Br2N2O2. The number of hydrogen-bond acceptors (Lipinski definition) is 3. The van der Waals surface area contributed by atoms with Gasteiger partial charge in [0, 0.05) is 34.7 Å². The van der Waals surface area contributed by atoms with Crippen molar-refractivity contribution in [2.24, 2.45) is 11.8 Å². The SMILES string of the molecule is CC(CC(=O)O)C1CCCN(Cc2ncc(Br)cc2Br)C1. The molecule has 1 aromatic heterocycles. The maximum absolute atomic E-state index is 10.9. The van der Waals surface area contributed by atoms with Gasteiger partial charge in [0.05, 0.1) is 5.69 Å². The van der Waals surface area contributed by atoms with Crippen molar-refractivity contribution in [1.29, 1.82) is 0 Å². The van der Waals surface area contributed by atoms with Crippen molar-refractivity contribution in [3.8, 4) is 0 Å². The van der Waals surface area contributed by atoms with E-state index in [2.05, 4.69) is 48.7 Å². The minimum absolute atomic E-state index is 0.228. The molecule has 1 aromatic rings. The first-order chi connectivity index (χ1) is 9.95. The quantitative estimate of drug-likeness (QED) is 0.785. The van der Waals surface area contributed by atoms with E-state index in [0.717, 1.165) is 47.1 Å². The first kappa shape index (κ1) is 16.9. The molecule has 2 rings (SSSR count). The van der Waals surface area contributed by atoms with Crippen molar-refractivity contribution in [2.45, 2.75) is 32.7 Å². The zero-order chi connectivity index (χ0) is 15.4. The Bertz CT molecular complexity index is 510. The molecule has 4 nitrogen and oxygen atoms in total. The average Bonchev–Trinajstić information content (AvgIpc) is 2.41. The van der Waals surface area contributed by atoms with Crippen LogP contribution in [0.25, 0.3) is 0 Å². The number of likely N-dealkylation sites (tertiary alicyclic amines) is 1. The second-order valence-electron chi connectivity index (χ2n) is 5.79. The van der Waals surface area contributed by atoms with Gasteiger partial charge < -0.3 is 5.11 Å². The largest absolute Gasteiger partial charge is 0.481 e. The molecule has 2 unspecified atom stereocenters. The van der Waals surface area contributed by atoms with Crippen molar-refractivity contribution < 1.29 is 9.90 Å². The van der Waals surface area contributed by atoms with Crippen LogP contribution < -0.4 is 0 Å². The summed E-state index contributed by atoms with van der Waals surface area (Å²) in [5.41, 5.74) is 1.03. The van der Waals surface area contributed by atoms with Crippen LogP contribution >= 0.6 is 31.9 Å². The number of rotatable bonds is 5.